The van der Waals surface area contributed by atoms with E-state index in [0.29, 0.717) is 39.1 Å². The first-order chi connectivity index (χ1) is 17.5. The fourth-order valence-corrected chi connectivity index (χ4v) is 4.63. The molecule has 0 spiro atoms. The quantitative estimate of drug-likeness (QED) is 0.445. The third kappa shape index (κ3) is 6.44. The number of carbonyl (C=O) groups is 3. The van der Waals surface area contributed by atoms with Crippen LogP contribution in [-0.4, -0.2) is 59.7 Å². The molecule has 4 rings (SSSR count). The van der Waals surface area contributed by atoms with Crippen molar-refractivity contribution in [2.75, 3.05) is 26.2 Å². The number of likely N-dealkylation sites (tertiary alicyclic amines) is 1. The van der Waals surface area contributed by atoms with Crippen molar-refractivity contribution in [3.05, 3.63) is 60.7 Å². The van der Waals surface area contributed by atoms with Crippen molar-refractivity contribution >= 4 is 28.8 Å². The summed E-state index contributed by atoms with van der Waals surface area (Å²) < 4.78 is 7.07. The zero-order valence-electron chi connectivity index (χ0n) is 20.7. The highest BCUT2D eigenvalue weighted by atomic mass is 16.6. The zero-order valence-corrected chi connectivity index (χ0v) is 20.7. The van der Waals surface area contributed by atoms with Crippen molar-refractivity contribution in [2.45, 2.75) is 45.2 Å². The lowest BCUT2D eigenvalue weighted by Gasteiger charge is -2.31. The minimum absolute atomic E-state index is 0.0263. The van der Waals surface area contributed by atoms with Crippen molar-refractivity contribution in [3.63, 3.8) is 0 Å². The van der Waals surface area contributed by atoms with E-state index in [-0.39, 0.29) is 30.5 Å². The van der Waals surface area contributed by atoms with Crippen LogP contribution in [0.25, 0.3) is 22.2 Å². The fraction of sp³-hybridized carbons (Fsp3) is 0.393. The van der Waals surface area contributed by atoms with Gasteiger partial charge in [-0.05, 0) is 43.9 Å². The van der Waals surface area contributed by atoms with Crippen LogP contribution in [-0.2, 0) is 20.9 Å². The molecule has 1 aromatic heterocycles. The minimum Gasteiger partial charge on any atom is -0.450 e. The Hall–Kier alpha value is -3.81. The zero-order chi connectivity index (χ0) is 25.3. The summed E-state index contributed by atoms with van der Waals surface area (Å²) in [4.78, 5) is 38.6. The highest BCUT2D eigenvalue weighted by molar-refractivity contribution is 5.89. The van der Waals surface area contributed by atoms with Crippen molar-refractivity contribution in [2.24, 2.45) is 0 Å². The van der Waals surface area contributed by atoms with E-state index in [4.69, 9.17) is 4.74 Å². The Labute approximate surface area is 211 Å². The van der Waals surface area contributed by atoms with E-state index in [0.717, 1.165) is 35.0 Å². The van der Waals surface area contributed by atoms with Crippen LogP contribution in [0.5, 0.6) is 0 Å². The number of fused-ring (bicyclic) bond motifs is 1. The molecule has 3 amide bonds. The molecule has 1 aliphatic rings. The van der Waals surface area contributed by atoms with Crippen molar-refractivity contribution < 1.29 is 19.1 Å². The molecule has 8 nitrogen and oxygen atoms in total. The molecule has 0 bridgehead atoms. The molecule has 2 aromatic carbocycles. The molecule has 0 unspecified atom stereocenters. The van der Waals surface area contributed by atoms with E-state index < -0.39 is 0 Å². The van der Waals surface area contributed by atoms with Crippen LogP contribution in [0.3, 0.4) is 0 Å². The fourth-order valence-electron chi connectivity index (χ4n) is 4.63. The molecule has 0 radical (unpaired) electrons. The SMILES string of the molecule is CCOC(=O)N1CCC(NC(=O)CCCNC(=O)Cn2c(-c3ccccc3)cc3ccccc32)CC1. The van der Waals surface area contributed by atoms with E-state index in [1.54, 1.807) is 11.8 Å². The lowest BCUT2D eigenvalue weighted by atomic mass is 10.1. The number of nitrogens with one attached hydrogen (secondary N) is 2. The molecule has 2 heterocycles. The Bertz CT molecular complexity index is 1180. The Morgan fingerprint density at radius 2 is 1.69 bits per heavy atom. The molecule has 36 heavy (non-hydrogen) atoms. The van der Waals surface area contributed by atoms with E-state index in [1.165, 1.54) is 0 Å². The summed E-state index contributed by atoms with van der Waals surface area (Å²) >= 11 is 0. The van der Waals surface area contributed by atoms with Crippen LogP contribution < -0.4 is 10.6 Å². The number of carbonyl (C=O) groups excluding carboxylic acids is 3. The maximum Gasteiger partial charge on any atom is 0.409 e. The molecular weight excluding hydrogens is 456 g/mol. The summed E-state index contributed by atoms with van der Waals surface area (Å²) in [7, 11) is 0. The first-order valence-electron chi connectivity index (χ1n) is 12.7. The van der Waals surface area contributed by atoms with Gasteiger partial charge >= 0.3 is 6.09 Å². The molecule has 190 valence electrons. The maximum absolute atomic E-state index is 12.8. The number of para-hydroxylation sites is 1. The number of amides is 3. The average molecular weight is 491 g/mol. The van der Waals surface area contributed by atoms with Gasteiger partial charge in [0.25, 0.3) is 0 Å². The van der Waals surface area contributed by atoms with Gasteiger partial charge in [0.05, 0.1) is 6.61 Å². The molecule has 0 atom stereocenters. The van der Waals surface area contributed by atoms with Crippen LogP contribution in [0.15, 0.2) is 60.7 Å². The number of rotatable bonds is 9. The van der Waals surface area contributed by atoms with Crippen LogP contribution in [0.4, 0.5) is 4.79 Å². The Balaban J connectivity index is 1.22. The molecule has 2 N–H and O–H groups in total. The monoisotopic (exact) mass is 490 g/mol. The second-order valence-electron chi connectivity index (χ2n) is 9.02. The number of benzene rings is 2. The number of aromatic nitrogens is 1. The van der Waals surface area contributed by atoms with E-state index in [9.17, 15) is 14.4 Å². The number of hydrogen-bond donors (Lipinski definition) is 2. The molecule has 1 aliphatic heterocycles. The molecule has 1 fully saturated rings. The highest BCUT2D eigenvalue weighted by Crippen LogP contribution is 2.28. The van der Waals surface area contributed by atoms with Gasteiger partial charge in [0, 0.05) is 48.7 Å². The first-order valence-corrected chi connectivity index (χ1v) is 12.7. The van der Waals surface area contributed by atoms with Crippen molar-refractivity contribution in [1.29, 1.82) is 0 Å². The standard InChI is InChI=1S/C28H34N4O4/c1-2-36-28(35)31-17-14-23(15-18-31)30-26(33)13-8-16-29-27(34)20-32-24-12-7-6-11-22(24)19-25(32)21-9-4-3-5-10-21/h3-7,9-12,19,23H,2,8,13-18,20H2,1H3,(H,29,34)(H,30,33). The third-order valence-corrected chi connectivity index (χ3v) is 6.47. The van der Waals surface area contributed by atoms with Crippen LogP contribution >= 0.6 is 0 Å². The Morgan fingerprint density at radius 1 is 0.972 bits per heavy atom. The minimum atomic E-state index is -0.290. The summed E-state index contributed by atoms with van der Waals surface area (Å²) in [5.41, 5.74) is 3.08. The van der Waals surface area contributed by atoms with Gasteiger partial charge in [-0.15, -0.1) is 0 Å². The summed E-state index contributed by atoms with van der Waals surface area (Å²) in [5.74, 6) is -0.109. The molecule has 0 aliphatic carbocycles. The predicted octanol–water partition coefficient (Wildman–Crippen LogP) is 3.94. The van der Waals surface area contributed by atoms with Crippen LogP contribution in [0.1, 0.15) is 32.6 Å². The molecular formula is C28H34N4O4. The van der Waals surface area contributed by atoms with E-state index >= 15 is 0 Å². The van der Waals surface area contributed by atoms with Gasteiger partial charge in [-0.3, -0.25) is 9.59 Å². The molecule has 3 aromatic rings. The van der Waals surface area contributed by atoms with Gasteiger partial charge < -0.3 is 24.8 Å². The lowest BCUT2D eigenvalue weighted by molar-refractivity contribution is -0.123. The predicted molar refractivity (Wildman–Crippen MR) is 139 cm³/mol. The summed E-state index contributed by atoms with van der Waals surface area (Å²) in [5, 5.41) is 7.09. The normalized spacial score (nSPS) is 14.0. The van der Waals surface area contributed by atoms with Gasteiger partial charge in [0.1, 0.15) is 6.54 Å². The number of nitrogens with zero attached hydrogens (tertiary/aromatic N) is 2. The van der Waals surface area contributed by atoms with Crippen molar-refractivity contribution in [3.8, 4) is 11.3 Å². The van der Waals surface area contributed by atoms with Crippen LogP contribution in [0.2, 0.25) is 0 Å². The largest absolute Gasteiger partial charge is 0.450 e. The molecule has 0 saturated carbocycles. The van der Waals surface area contributed by atoms with Gasteiger partial charge in [-0.25, -0.2) is 4.79 Å². The lowest BCUT2D eigenvalue weighted by Crippen LogP contribution is -2.46. The molecule has 1 saturated heterocycles. The Kier molecular flexibility index (Phi) is 8.60. The number of hydrogen-bond acceptors (Lipinski definition) is 4. The van der Waals surface area contributed by atoms with Crippen molar-refractivity contribution in [1.82, 2.24) is 20.1 Å². The summed E-state index contributed by atoms with van der Waals surface area (Å²) in [6, 6.07) is 20.3. The smallest absolute Gasteiger partial charge is 0.409 e. The maximum atomic E-state index is 12.8. The van der Waals surface area contributed by atoms with E-state index in [2.05, 4.69) is 22.8 Å². The second kappa shape index (κ2) is 12.2. The third-order valence-electron chi connectivity index (χ3n) is 6.47. The topological polar surface area (TPSA) is 92.7 Å². The van der Waals surface area contributed by atoms with Gasteiger partial charge in [-0.2, -0.15) is 0 Å². The first kappa shape index (κ1) is 25.3. The average Bonchev–Trinajstić information content (AvgIpc) is 3.26. The summed E-state index contributed by atoms with van der Waals surface area (Å²) in [6.07, 6.45) is 2.06. The van der Waals surface area contributed by atoms with Gasteiger partial charge in [-0.1, -0.05) is 48.5 Å². The van der Waals surface area contributed by atoms with Gasteiger partial charge in [0.15, 0.2) is 0 Å². The van der Waals surface area contributed by atoms with Gasteiger partial charge in [0.2, 0.25) is 11.8 Å². The Morgan fingerprint density at radius 3 is 2.44 bits per heavy atom. The summed E-state index contributed by atoms with van der Waals surface area (Å²) in [6.45, 7) is 3.97. The second-order valence-corrected chi connectivity index (χ2v) is 9.02. The highest BCUT2D eigenvalue weighted by Gasteiger charge is 2.24. The number of ether oxygens (including phenoxy) is 1. The number of piperidine rings is 1. The molecule has 8 heteroatoms. The van der Waals surface area contributed by atoms with E-state index in [1.807, 2.05) is 53.1 Å². The van der Waals surface area contributed by atoms with Crippen LogP contribution in [0, 0.1) is 0 Å².